The van der Waals surface area contributed by atoms with Crippen LogP contribution in [0.2, 0.25) is 0 Å². The summed E-state index contributed by atoms with van der Waals surface area (Å²) in [6.45, 7) is 0. The third-order valence-corrected chi connectivity index (χ3v) is 6.55. The fraction of sp³-hybridized carbons (Fsp3) is 0.261. The summed E-state index contributed by atoms with van der Waals surface area (Å²) < 4.78 is 28.2. The third kappa shape index (κ3) is 4.12. The molecule has 1 nitrogen and oxygen atoms in total. The van der Waals surface area contributed by atoms with Crippen molar-refractivity contribution in [1.82, 2.24) is 0 Å². The Morgan fingerprint density at radius 2 is 1.57 bits per heavy atom. The Balaban J connectivity index is 1.54. The number of thiophene rings is 1. The highest BCUT2D eigenvalue weighted by Gasteiger charge is 2.16. The van der Waals surface area contributed by atoms with Gasteiger partial charge in [-0.3, -0.25) is 0 Å². The van der Waals surface area contributed by atoms with Crippen LogP contribution in [0, 0.1) is 17.6 Å². The molecule has 0 spiro atoms. The van der Waals surface area contributed by atoms with Gasteiger partial charge in [0.25, 0.3) is 0 Å². The van der Waals surface area contributed by atoms with Gasteiger partial charge in [-0.15, -0.1) is 11.3 Å². The number of benzene rings is 2. The van der Waals surface area contributed by atoms with E-state index >= 15 is 0 Å². The van der Waals surface area contributed by atoms with Gasteiger partial charge in [-0.25, -0.2) is 8.78 Å². The molecular formula is C23H19F2NS2. The minimum atomic E-state index is -0.744. The van der Waals surface area contributed by atoms with Crippen LogP contribution >= 0.6 is 23.6 Å². The van der Waals surface area contributed by atoms with Crippen LogP contribution in [0.3, 0.4) is 0 Å². The number of nitrogens with zero attached hydrogens (tertiary/aromatic N) is 1. The SMILES string of the molecule is Fc1cc(-c2ccc(-c3ccc(CC4CCCC4)s3)cc2)cc(F)c1N=C=S. The van der Waals surface area contributed by atoms with Crippen molar-refractivity contribution >= 4 is 34.4 Å². The molecule has 0 atom stereocenters. The molecule has 4 rings (SSSR count). The molecule has 0 radical (unpaired) electrons. The molecule has 0 amide bonds. The maximum atomic E-state index is 14.1. The normalized spacial score (nSPS) is 14.2. The van der Waals surface area contributed by atoms with Crippen LogP contribution in [0.5, 0.6) is 0 Å². The number of isothiocyanates is 1. The van der Waals surface area contributed by atoms with Gasteiger partial charge in [-0.1, -0.05) is 49.9 Å². The van der Waals surface area contributed by atoms with Crippen molar-refractivity contribution < 1.29 is 8.78 Å². The highest BCUT2D eigenvalue weighted by molar-refractivity contribution is 7.78. The zero-order valence-corrected chi connectivity index (χ0v) is 16.9. The van der Waals surface area contributed by atoms with E-state index in [4.69, 9.17) is 0 Å². The van der Waals surface area contributed by atoms with E-state index in [0.717, 1.165) is 17.0 Å². The zero-order valence-electron chi connectivity index (χ0n) is 15.3. The molecule has 1 aromatic heterocycles. The summed E-state index contributed by atoms with van der Waals surface area (Å²) in [4.78, 5) is 6.11. The number of hydrogen-bond donors (Lipinski definition) is 0. The third-order valence-electron chi connectivity index (χ3n) is 5.30. The molecule has 1 aliphatic rings. The number of thiocarbonyl (C=S) groups is 1. The average Bonchev–Trinajstić information content (AvgIpc) is 3.37. The second kappa shape index (κ2) is 8.44. The molecule has 0 N–H and O–H groups in total. The van der Waals surface area contributed by atoms with Crippen molar-refractivity contribution in [2.45, 2.75) is 32.1 Å². The lowest BCUT2D eigenvalue weighted by Gasteiger charge is -2.07. The van der Waals surface area contributed by atoms with Crippen molar-refractivity contribution in [3.05, 3.63) is 65.0 Å². The van der Waals surface area contributed by atoms with Gasteiger partial charge in [0.1, 0.15) is 5.69 Å². The Kier molecular flexibility index (Phi) is 5.77. The number of halogens is 2. The highest BCUT2D eigenvalue weighted by atomic mass is 32.1. The van der Waals surface area contributed by atoms with Crippen molar-refractivity contribution in [3.63, 3.8) is 0 Å². The molecule has 0 bridgehead atoms. The van der Waals surface area contributed by atoms with E-state index in [-0.39, 0.29) is 0 Å². The first-order valence-electron chi connectivity index (χ1n) is 9.40. The monoisotopic (exact) mass is 411 g/mol. The summed E-state index contributed by atoms with van der Waals surface area (Å²) in [5.41, 5.74) is 1.94. The van der Waals surface area contributed by atoms with Gasteiger partial charge < -0.3 is 0 Å². The lowest BCUT2D eigenvalue weighted by Crippen LogP contribution is -1.95. The Morgan fingerprint density at radius 3 is 2.21 bits per heavy atom. The van der Waals surface area contributed by atoms with E-state index in [9.17, 15) is 8.78 Å². The van der Waals surface area contributed by atoms with Gasteiger partial charge >= 0.3 is 0 Å². The van der Waals surface area contributed by atoms with Gasteiger partial charge in [0, 0.05) is 9.75 Å². The fourth-order valence-corrected chi connectivity index (χ4v) is 5.07. The summed E-state index contributed by atoms with van der Waals surface area (Å²) in [5, 5.41) is 2.00. The van der Waals surface area contributed by atoms with Crippen molar-refractivity contribution in [3.8, 4) is 21.6 Å². The van der Waals surface area contributed by atoms with E-state index < -0.39 is 17.3 Å². The predicted octanol–water partition coefficient (Wildman–Crippen LogP) is 7.83. The van der Waals surface area contributed by atoms with Crippen LogP contribution in [0.4, 0.5) is 14.5 Å². The lowest BCUT2D eigenvalue weighted by atomic mass is 10.0. The second-order valence-corrected chi connectivity index (χ2v) is 8.54. The lowest BCUT2D eigenvalue weighted by molar-refractivity contribution is 0.551. The molecule has 0 saturated heterocycles. The predicted molar refractivity (Wildman–Crippen MR) is 115 cm³/mol. The topological polar surface area (TPSA) is 12.4 Å². The van der Waals surface area contributed by atoms with Gasteiger partial charge in [-0.2, -0.15) is 4.99 Å². The van der Waals surface area contributed by atoms with Crippen molar-refractivity contribution in [1.29, 1.82) is 0 Å². The molecule has 2 aromatic carbocycles. The highest BCUT2D eigenvalue weighted by Crippen LogP contribution is 2.35. The maximum absolute atomic E-state index is 14.1. The Labute approximate surface area is 172 Å². The van der Waals surface area contributed by atoms with Gasteiger partial charge in [0.2, 0.25) is 0 Å². The van der Waals surface area contributed by atoms with Crippen LogP contribution in [0.25, 0.3) is 21.6 Å². The summed E-state index contributed by atoms with van der Waals surface area (Å²) in [6.07, 6.45) is 6.61. The standard InChI is InChI=1S/C23H19F2NS2/c24-20-12-18(13-21(25)23(20)26-14-27)16-5-7-17(8-6-16)22-10-9-19(28-22)11-15-3-1-2-4-15/h5-10,12-13,15H,1-4,11H2. The Bertz CT molecular complexity index is 1000. The molecule has 1 heterocycles. The second-order valence-electron chi connectivity index (χ2n) is 7.19. The molecule has 3 aromatic rings. The average molecular weight is 412 g/mol. The largest absolute Gasteiger partial charge is 0.204 e. The van der Waals surface area contributed by atoms with E-state index in [1.165, 1.54) is 54.0 Å². The molecule has 142 valence electrons. The smallest absolute Gasteiger partial charge is 0.153 e. The number of hydrogen-bond acceptors (Lipinski definition) is 3. The van der Waals surface area contributed by atoms with E-state index in [1.54, 1.807) is 0 Å². The van der Waals surface area contributed by atoms with Gasteiger partial charge in [0.05, 0.1) is 5.16 Å². The molecule has 0 aliphatic heterocycles. The summed E-state index contributed by atoms with van der Waals surface area (Å²) in [5.74, 6) is -0.651. The number of aliphatic imine (C=N–C) groups is 1. The van der Waals surface area contributed by atoms with Crippen LogP contribution in [0.1, 0.15) is 30.6 Å². The summed E-state index contributed by atoms with van der Waals surface area (Å²) in [7, 11) is 0. The molecule has 5 heteroatoms. The maximum Gasteiger partial charge on any atom is 0.153 e. The minimum absolute atomic E-state index is 0.399. The van der Waals surface area contributed by atoms with Crippen LogP contribution in [-0.2, 0) is 6.42 Å². The zero-order chi connectivity index (χ0) is 19.5. The Morgan fingerprint density at radius 1 is 0.929 bits per heavy atom. The molecule has 0 unspecified atom stereocenters. The van der Waals surface area contributed by atoms with Crippen LogP contribution < -0.4 is 0 Å². The molecular weight excluding hydrogens is 392 g/mol. The quantitative estimate of drug-likeness (QED) is 0.308. The summed E-state index contributed by atoms with van der Waals surface area (Å²) >= 11 is 6.27. The van der Waals surface area contributed by atoms with Gasteiger partial charge in [-0.05, 0) is 65.5 Å². The first-order chi connectivity index (χ1) is 13.6. The number of rotatable bonds is 5. The van der Waals surface area contributed by atoms with Crippen LogP contribution in [0.15, 0.2) is 53.5 Å². The molecule has 28 heavy (non-hydrogen) atoms. The van der Waals surface area contributed by atoms with Crippen molar-refractivity contribution in [2.75, 3.05) is 0 Å². The molecule has 1 saturated carbocycles. The van der Waals surface area contributed by atoms with Crippen LogP contribution in [-0.4, -0.2) is 5.16 Å². The first kappa shape index (κ1) is 19.1. The Hall–Kier alpha value is -2.20. The van der Waals surface area contributed by atoms with E-state index in [1.807, 2.05) is 40.8 Å². The van der Waals surface area contributed by atoms with E-state index in [0.29, 0.717) is 5.56 Å². The van der Waals surface area contributed by atoms with Crippen molar-refractivity contribution in [2.24, 2.45) is 10.9 Å². The van der Waals surface area contributed by atoms with Gasteiger partial charge in [0.15, 0.2) is 11.6 Å². The van der Waals surface area contributed by atoms with E-state index in [2.05, 4.69) is 29.3 Å². The summed E-state index contributed by atoms with van der Waals surface area (Å²) in [6, 6.07) is 14.7. The molecule has 1 fully saturated rings. The first-order valence-corrected chi connectivity index (χ1v) is 10.6. The minimum Gasteiger partial charge on any atom is -0.204 e. The molecule has 1 aliphatic carbocycles. The fourth-order valence-electron chi connectivity index (χ4n) is 3.85.